The summed E-state index contributed by atoms with van der Waals surface area (Å²) in [4.78, 5) is 10.1. The summed E-state index contributed by atoms with van der Waals surface area (Å²) in [5.41, 5.74) is 19.2. The molecule has 0 saturated heterocycles. The maximum Gasteiger partial charge on any atom is 0.0975 e. The zero-order valence-corrected chi connectivity index (χ0v) is 26.4. The standard InChI is InChI=1S/C44H32N2/c1-25-24-45-43-33(26(25)2)19-20-34-27(3)28(4)42(46-44(34)43)32-10-7-9-31(23-32)29-15-17-30(18-16-29)35-21-22-40-37-12-6-5-11-36(37)39-14-8-13-38(35)41(39)40/h5-24H,1-4H3. The van der Waals surface area contributed by atoms with Crippen molar-refractivity contribution >= 4 is 32.6 Å². The largest absolute Gasteiger partial charge is 0.254 e. The lowest BCUT2D eigenvalue weighted by Gasteiger charge is -2.15. The molecule has 0 bridgehead atoms. The van der Waals surface area contributed by atoms with E-state index in [0.29, 0.717) is 0 Å². The summed E-state index contributed by atoms with van der Waals surface area (Å²) in [5, 5.41) is 5.01. The number of aromatic nitrogens is 2. The number of rotatable bonds is 3. The molecule has 46 heavy (non-hydrogen) atoms. The van der Waals surface area contributed by atoms with Gasteiger partial charge in [0.15, 0.2) is 0 Å². The molecule has 2 heteroatoms. The summed E-state index contributed by atoms with van der Waals surface area (Å²) in [6.45, 7) is 8.69. The SMILES string of the molecule is Cc1cnc2c(ccc3c(C)c(C)c(-c4cccc(-c5ccc(-c6ccc7c8c(cccc68)-c6ccccc6-7)cc5)c4)nc32)c1C. The molecule has 1 aliphatic carbocycles. The Morgan fingerprint density at radius 2 is 1.04 bits per heavy atom. The molecule has 218 valence electrons. The van der Waals surface area contributed by atoms with Gasteiger partial charge in [0.05, 0.1) is 16.7 Å². The first-order valence-corrected chi connectivity index (χ1v) is 16.0. The number of hydrogen-bond acceptors (Lipinski definition) is 2. The third kappa shape index (κ3) is 3.83. The van der Waals surface area contributed by atoms with Gasteiger partial charge in [0.25, 0.3) is 0 Å². The average molecular weight is 589 g/mol. The Hall–Kier alpha value is -5.60. The first-order chi connectivity index (χ1) is 22.5. The van der Waals surface area contributed by atoms with Gasteiger partial charge in [0.1, 0.15) is 0 Å². The molecule has 0 amide bonds. The van der Waals surface area contributed by atoms with Crippen molar-refractivity contribution in [3.63, 3.8) is 0 Å². The minimum Gasteiger partial charge on any atom is -0.254 e. The maximum atomic E-state index is 5.29. The van der Waals surface area contributed by atoms with E-state index >= 15 is 0 Å². The van der Waals surface area contributed by atoms with Crippen LogP contribution in [-0.2, 0) is 0 Å². The molecule has 0 radical (unpaired) electrons. The fourth-order valence-corrected chi connectivity index (χ4v) is 7.50. The third-order valence-electron chi connectivity index (χ3n) is 10.3. The van der Waals surface area contributed by atoms with Crippen molar-refractivity contribution in [2.75, 3.05) is 0 Å². The van der Waals surface area contributed by atoms with Gasteiger partial charge < -0.3 is 0 Å². The average Bonchev–Trinajstić information content (AvgIpc) is 3.43. The van der Waals surface area contributed by atoms with Gasteiger partial charge in [0, 0.05) is 22.5 Å². The Balaban J connectivity index is 1.12. The summed E-state index contributed by atoms with van der Waals surface area (Å²) in [7, 11) is 0. The maximum absolute atomic E-state index is 5.29. The first kappa shape index (κ1) is 26.8. The number of pyridine rings is 2. The predicted molar refractivity (Wildman–Crippen MR) is 194 cm³/mol. The molecule has 2 aromatic heterocycles. The Bertz CT molecular complexity index is 2530. The van der Waals surface area contributed by atoms with Crippen molar-refractivity contribution in [1.82, 2.24) is 9.97 Å². The van der Waals surface area contributed by atoms with Crippen molar-refractivity contribution in [3.05, 3.63) is 144 Å². The van der Waals surface area contributed by atoms with Crippen LogP contribution < -0.4 is 0 Å². The van der Waals surface area contributed by atoms with E-state index in [9.17, 15) is 0 Å². The van der Waals surface area contributed by atoms with Crippen LogP contribution in [0.3, 0.4) is 0 Å². The number of hydrogen-bond donors (Lipinski definition) is 0. The fraction of sp³-hybridized carbons (Fsp3) is 0.0909. The van der Waals surface area contributed by atoms with Crippen LogP contribution in [0.15, 0.2) is 121 Å². The monoisotopic (exact) mass is 588 g/mol. The highest BCUT2D eigenvalue weighted by Gasteiger charge is 2.22. The number of fused-ring (bicyclic) bond motifs is 6. The van der Waals surface area contributed by atoms with Crippen molar-refractivity contribution in [3.8, 4) is 55.8 Å². The first-order valence-electron chi connectivity index (χ1n) is 16.0. The second kappa shape index (κ2) is 9.95. The van der Waals surface area contributed by atoms with Crippen LogP contribution >= 0.6 is 0 Å². The lowest BCUT2D eigenvalue weighted by Crippen LogP contribution is -1.97. The van der Waals surface area contributed by atoms with Crippen molar-refractivity contribution in [1.29, 1.82) is 0 Å². The zero-order chi connectivity index (χ0) is 31.1. The lowest BCUT2D eigenvalue weighted by atomic mass is 9.92. The zero-order valence-electron chi connectivity index (χ0n) is 26.4. The summed E-state index contributed by atoms with van der Waals surface area (Å²) >= 11 is 0. The highest BCUT2D eigenvalue weighted by molar-refractivity contribution is 6.18. The van der Waals surface area contributed by atoms with E-state index in [0.717, 1.165) is 22.3 Å². The Kier molecular flexibility index (Phi) is 5.79. The molecule has 8 aromatic rings. The summed E-state index contributed by atoms with van der Waals surface area (Å²) in [6.07, 6.45) is 1.97. The second-order valence-corrected chi connectivity index (χ2v) is 12.7. The molecular formula is C44H32N2. The van der Waals surface area contributed by atoms with Gasteiger partial charge in [-0.2, -0.15) is 0 Å². The van der Waals surface area contributed by atoms with Gasteiger partial charge in [-0.1, -0.05) is 109 Å². The van der Waals surface area contributed by atoms with Gasteiger partial charge >= 0.3 is 0 Å². The van der Waals surface area contributed by atoms with Gasteiger partial charge in [-0.15, -0.1) is 0 Å². The van der Waals surface area contributed by atoms with Crippen LogP contribution in [0.2, 0.25) is 0 Å². The normalized spacial score (nSPS) is 11.9. The van der Waals surface area contributed by atoms with Gasteiger partial charge in [-0.25, -0.2) is 4.98 Å². The van der Waals surface area contributed by atoms with Gasteiger partial charge in [0.2, 0.25) is 0 Å². The van der Waals surface area contributed by atoms with Crippen LogP contribution in [0.25, 0.3) is 88.3 Å². The molecule has 0 aliphatic heterocycles. The van der Waals surface area contributed by atoms with E-state index in [1.54, 1.807) is 0 Å². The molecule has 0 atom stereocenters. The van der Waals surface area contributed by atoms with Crippen LogP contribution in [0.4, 0.5) is 0 Å². The van der Waals surface area contributed by atoms with E-state index in [4.69, 9.17) is 9.97 Å². The van der Waals surface area contributed by atoms with E-state index in [1.165, 1.54) is 88.3 Å². The van der Waals surface area contributed by atoms with E-state index in [1.807, 2.05) is 6.20 Å². The van der Waals surface area contributed by atoms with E-state index in [-0.39, 0.29) is 0 Å². The van der Waals surface area contributed by atoms with Crippen LogP contribution in [0.1, 0.15) is 22.3 Å². The summed E-state index contributed by atoms with van der Waals surface area (Å²) in [6, 6.07) is 42.3. The molecular weight excluding hydrogens is 556 g/mol. The minimum atomic E-state index is 0.974. The van der Waals surface area contributed by atoms with E-state index < -0.39 is 0 Å². The Morgan fingerprint density at radius 1 is 0.413 bits per heavy atom. The molecule has 0 spiro atoms. The minimum absolute atomic E-state index is 0.974. The third-order valence-corrected chi connectivity index (χ3v) is 10.3. The lowest BCUT2D eigenvalue weighted by molar-refractivity contribution is 1.25. The fourth-order valence-electron chi connectivity index (χ4n) is 7.50. The molecule has 2 nitrogen and oxygen atoms in total. The summed E-state index contributed by atoms with van der Waals surface area (Å²) < 4.78 is 0. The smallest absolute Gasteiger partial charge is 0.0975 e. The van der Waals surface area contributed by atoms with Crippen LogP contribution in [0, 0.1) is 27.7 Å². The molecule has 1 aliphatic rings. The number of nitrogens with zero attached hydrogens (tertiary/aromatic N) is 2. The molecule has 9 rings (SSSR count). The molecule has 6 aromatic carbocycles. The predicted octanol–water partition coefficient (Wildman–Crippen LogP) is 11.8. The van der Waals surface area contributed by atoms with Crippen molar-refractivity contribution in [2.24, 2.45) is 0 Å². The van der Waals surface area contributed by atoms with Crippen LogP contribution in [-0.4, -0.2) is 9.97 Å². The Labute approximate surface area is 269 Å². The van der Waals surface area contributed by atoms with Crippen LogP contribution in [0.5, 0.6) is 0 Å². The topological polar surface area (TPSA) is 25.8 Å². The van der Waals surface area contributed by atoms with Gasteiger partial charge in [-0.05, 0) is 111 Å². The second-order valence-electron chi connectivity index (χ2n) is 12.7. The molecule has 0 unspecified atom stereocenters. The van der Waals surface area contributed by atoms with Gasteiger partial charge in [-0.3, -0.25) is 4.98 Å². The Morgan fingerprint density at radius 3 is 1.83 bits per heavy atom. The molecule has 0 N–H and O–H groups in total. The summed E-state index contributed by atoms with van der Waals surface area (Å²) in [5.74, 6) is 0. The molecule has 0 saturated carbocycles. The number of aryl methyl sites for hydroxylation is 3. The number of benzene rings is 6. The molecule has 0 fully saturated rings. The van der Waals surface area contributed by atoms with Crippen molar-refractivity contribution < 1.29 is 0 Å². The quantitative estimate of drug-likeness (QED) is 0.192. The van der Waals surface area contributed by atoms with Crippen molar-refractivity contribution in [2.45, 2.75) is 27.7 Å². The highest BCUT2D eigenvalue weighted by Crippen LogP contribution is 2.49. The van der Waals surface area contributed by atoms with E-state index in [2.05, 4.69) is 143 Å². The molecule has 2 heterocycles. The highest BCUT2D eigenvalue weighted by atomic mass is 14.8.